The summed E-state index contributed by atoms with van der Waals surface area (Å²) in [7, 11) is 0. The molecule has 5 aromatic rings. The molecular weight excluding hydrogens is 425 g/mol. The number of aliphatic hydroxyl groups is 1. The second-order valence-electron chi connectivity index (χ2n) is 7.95. The molecule has 0 spiro atoms. The molecule has 10 heteroatoms. The fourth-order valence-corrected chi connectivity index (χ4v) is 4.35. The molecule has 1 aromatic carbocycles. The van der Waals surface area contributed by atoms with Gasteiger partial charge in [-0.15, -0.1) is 10.2 Å². The van der Waals surface area contributed by atoms with Crippen LogP contribution in [0.1, 0.15) is 22.5 Å². The number of imidazole rings is 1. The monoisotopic (exact) mass is 445 g/mol. The summed E-state index contributed by atoms with van der Waals surface area (Å²) in [4.78, 5) is 9.14. The first-order chi connectivity index (χ1) is 16.1. The highest BCUT2D eigenvalue weighted by Crippen LogP contribution is 2.32. The van der Waals surface area contributed by atoms with E-state index in [0.29, 0.717) is 41.5 Å². The Balaban J connectivity index is 1.40. The molecule has 1 aliphatic heterocycles. The number of halogens is 1. The molecule has 0 unspecified atom stereocenters. The summed E-state index contributed by atoms with van der Waals surface area (Å²) in [6.07, 6.45) is 5.77. The molecule has 0 radical (unpaired) electrons. The summed E-state index contributed by atoms with van der Waals surface area (Å²) in [6.45, 7) is 2.65. The van der Waals surface area contributed by atoms with E-state index in [-0.39, 0.29) is 19.0 Å². The van der Waals surface area contributed by atoms with Gasteiger partial charge in [-0.05, 0) is 31.2 Å². The standard InChI is InChI=1S/C23H20FN7O2/c1-13-2-3-16(21-28-14(11-32)10-30(13)21)18-9-26-23(31-12-27-29-22(18)31)25-8-17-15-6-7-33-20(15)5-4-19(17)24/h2-5,9-10,12,32H,6-8,11H2,1H3,(H,25,26). The molecule has 9 nitrogen and oxygen atoms in total. The maximum absolute atomic E-state index is 14.5. The molecule has 0 atom stereocenters. The van der Waals surface area contributed by atoms with Crippen molar-refractivity contribution in [2.45, 2.75) is 26.5 Å². The van der Waals surface area contributed by atoms with Crippen molar-refractivity contribution in [3.63, 3.8) is 0 Å². The molecule has 0 aliphatic carbocycles. The van der Waals surface area contributed by atoms with E-state index in [1.807, 2.05) is 29.7 Å². The van der Waals surface area contributed by atoms with Gasteiger partial charge < -0.3 is 19.6 Å². The highest BCUT2D eigenvalue weighted by molar-refractivity contribution is 5.86. The molecule has 4 aromatic heterocycles. The van der Waals surface area contributed by atoms with Gasteiger partial charge >= 0.3 is 0 Å². The average Bonchev–Trinajstić information content (AvgIpc) is 3.58. The van der Waals surface area contributed by atoms with E-state index in [4.69, 9.17) is 4.74 Å². The number of pyridine rings is 1. The van der Waals surface area contributed by atoms with Crippen LogP contribution >= 0.6 is 0 Å². The summed E-state index contributed by atoms with van der Waals surface area (Å²) >= 11 is 0. The highest BCUT2D eigenvalue weighted by atomic mass is 19.1. The third kappa shape index (κ3) is 3.10. The third-order valence-electron chi connectivity index (χ3n) is 6.02. The molecule has 166 valence electrons. The number of fused-ring (bicyclic) bond motifs is 3. The lowest BCUT2D eigenvalue weighted by molar-refractivity contribution is 0.277. The predicted molar refractivity (Wildman–Crippen MR) is 119 cm³/mol. The van der Waals surface area contributed by atoms with Gasteiger partial charge in [0.2, 0.25) is 5.95 Å². The van der Waals surface area contributed by atoms with Gasteiger partial charge in [-0.25, -0.2) is 14.4 Å². The summed E-state index contributed by atoms with van der Waals surface area (Å²) < 4.78 is 23.8. The SMILES string of the molecule is Cc1ccc(-c2cnc(NCc3c(F)ccc4c3CCO4)n3cnnc23)c2nc(CO)cn12. The van der Waals surface area contributed by atoms with Gasteiger partial charge in [-0.2, -0.15) is 0 Å². The highest BCUT2D eigenvalue weighted by Gasteiger charge is 2.20. The van der Waals surface area contributed by atoms with E-state index in [2.05, 4.69) is 25.5 Å². The zero-order chi connectivity index (χ0) is 22.5. The lowest BCUT2D eigenvalue weighted by Crippen LogP contribution is -2.10. The van der Waals surface area contributed by atoms with E-state index < -0.39 is 0 Å². The Morgan fingerprint density at radius 2 is 2.06 bits per heavy atom. The molecule has 6 rings (SSSR count). The Morgan fingerprint density at radius 3 is 2.94 bits per heavy atom. The van der Waals surface area contributed by atoms with Crippen LogP contribution in [0.3, 0.4) is 0 Å². The van der Waals surface area contributed by atoms with Crippen LogP contribution < -0.4 is 10.1 Å². The van der Waals surface area contributed by atoms with Crippen molar-refractivity contribution in [1.29, 1.82) is 0 Å². The summed E-state index contributed by atoms with van der Waals surface area (Å²) in [5.41, 5.74) is 5.90. The largest absolute Gasteiger partial charge is 0.493 e. The molecule has 0 fully saturated rings. The van der Waals surface area contributed by atoms with Crippen molar-refractivity contribution in [3.8, 4) is 16.9 Å². The van der Waals surface area contributed by atoms with E-state index in [0.717, 1.165) is 28.1 Å². The van der Waals surface area contributed by atoms with E-state index in [9.17, 15) is 9.50 Å². The molecule has 33 heavy (non-hydrogen) atoms. The van der Waals surface area contributed by atoms with Crippen LogP contribution in [0.25, 0.3) is 22.4 Å². The second-order valence-corrected chi connectivity index (χ2v) is 7.95. The number of nitrogens with zero attached hydrogens (tertiary/aromatic N) is 6. The van der Waals surface area contributed by atoms with Crippen LogP contribution in [0.5, 0.6) is 5.75 Å². The maximum Gasteiger partial charge on any atom is 0.210 e. The molecular formula is C23H20FN7O2. The van der Waals surface area contributed by atoms with Crippen LogP contribution in [0, 0.1) is 12.7 Å². The fourth-order valence-electron chi connectivity index (χ4n) is 4.35. The maximum atomic E-state index is 14.5. The molecule has 0 saturated carbocycles. The Kier molecular flexibility index (Phi) is 4.47. The Bertz CT molecular complexity index is 1520. The van der Waals surface area contributed by atoms with Crippen molar-refractivity contribution in [3.05, 3.63) is 71.3 Å². The van der Waals surface area contributed by atoms with E-state index >= 15 is 0 Å². The first-order valence-corrected chi connectivity index (χ1v) is 10.6. The van der Waals surface area contributed by atoms with Crippen LogP contribution in [0.4, 0.5) is 10.3 Å². The fraction of sp³-hybridized carbons (Fsp3) is 0.217. The molecule has 2 N–H and O–H groups in total. The minimum Gasteiger partial charge on any atom is -0.493 e. The first-order valence-electron chi connectivity index (χ1n) is 10.6. The molecule has 0 bridgehead atoms. The summed E-state index contributed by atoms with van der Waals surface area (Å²) in [5, 5.41) is 21.1. The van der Waals surface area contributed by atoms with E-state index in [1.165, 1.54) is 6.07 Å². The summed E-state index contributed by atoms with van der Waals surface area (Å²) in [6, 6.07) is 7.04. The average molecular weight is 445 g/mol. The number of ether oxygens (including phenoxy) is 1. The minimum absolute atomic E-state index is 0.146. The van der Waals surface area contributed by atoms with Gasteiger partial charge in [0, 0.05) is 53.3 Å². The van der Waals surface area contributed by atoms with Crippen LogP contribution in [0.15, 0.2) is 43.0 Å². The summed E-state index contributed by atoms with van der Waals surface area (Å²) in [5.74, 6) is 0.956. The number of hydrogen-bond donors (Lipinski definition) is 2. The van der Waals surface area contributed by atoms with Gasteiger partial charge in [-0.1, -0.05) is 0 Å². The van der Waals surface area contributed by atoms with Gasteiger partial charge in [0.15, 0.2) is 5.65 Å². The van der Waals surface area contributed by atoms with Crippen molar-refractivity contribution in [2.24, 2.45) is 0 Å². The van der Waals surface area contributed by atoms with Crippen molar-refractivity contribution >= 4 is 17.2 Å². The lowest BCUT2D eigenvalue weighted by Gasteiger charge is -2.13. The van der Waals surface area contributed by atoms with Crippen LogP contribution in [-0.2, 0) is 19.6 Å². The van der Waals surface area contributed by atoms with Crippen molar-refractivity contribution in [1.82, 2.24) is 29.0 Å². The lowest BCUT2D eigenvalue weighted by atomic mass is 10.0. The Morgan fingerprint density at radius 1 is 1.15 bits per heavy atom. The number of anilines is 1. The first kappa shape index (κ1) is 19.6. The van der Waals surface area contributed by atoms with Gasteiger partial charge in [0.1, 0.15) is 23.5 Å². The van der Waals surface area contributed by atoms with Gasteiger partial charge in [0.25, 0.3) is 0 Å². The molecule has 1 aliphatic rings. The molecule has 0 amide bonds. The molecule has 5 heterocycles. The van der Waals surface area contributed by atoms with Crippen LogP contribution in [0.2, 0.25) is 0 Å². The number of benzene rings is 1. The number of hydrogen-bond acceptors (Lipinski definition) is 7. The quantitative estimate of drug-likeness (QED) is 0.429. The van der Waals surface area contributed by atoms with Crippen molar-refractivity contribution in [2.75, 3.05) is 11.9 Å². The van der Waals surface area contributed by atoms with E-state index in [1.54, 1.807) is 23.0 Å². The zero-order valence-corrected chi connectivity index (χ0v) is 17.8. The number of aromatic nitrogens is 6. The number of rotatable bonds is 5. The van der Waals surface area contributed by atoms with Gasteiger partial charge in [0.05, 0.1) is 18.9 Å². The number of nitrogens with one attached hydrogen (secondary N) is 1. The molecule has 0 saturated heterocycles. The smallest absolute Gasteiger partial charge is 0.210 e. The number of aliphatic hydroxyl groups excluding tert-OH is 1. The zero-order valence-electron chi connectivity index (χ0n) is 17.8. The second kappa shape index (κ2) is 7.52. The van der Waals surface area contributed by atoms with Gasteiger partial charge in [-0.3, -0.25) is 4.40 Å². The normalized spacial score (nSPS) is 12.9. The Labute approximate surface area is 187 Å². The van der Waals surface area contributed by atoms with Crippen LogP contribution in [-0.4, -0.2) is 40.7 Å². The topological polar surface area (TPSA) is 102 Å². The minimum atomic E-state index is -0.274. The Hall–Kier alpha value is -4.05. The number of aryl methyl sites for hydroxylation is 1. The third-order valence-corrected chi connectivity index (χ3v) is 6.02. The van der Waals surface area contributed by atoms with Crippen molar-refractivity contribution < 1.29 is 14.2 Å². The predicted octanol–water partition coefficient (Wildman–Crippen LogP) is 2.93.